The molecule has 0 spiro atoms. The number of nitrogens with zero attached hydrogens (tertiary/aromatic N) is 5. The van der Waals surface area contributed by atoms with Gasteiger partial charge in [-0.25, -0.2) is 17.9 Å². The molecule has 0 bridgehead atoms. The number of morpholine rings is 1. The maximum atomic E-state index is 13.2. The molecule has 3 aromatic rings. The van der Waals surface area contributed by atoms with Crippen molar-refractivity contribution in [3.63, 3.8) is 0 Å². The van der Waals surface area contributed by atoms with Crippen LogP contribution >= 0.6 is 0 Å². The van der Waals surface area contributed by atoms with Crippen LogP contribution in [0, 0.1) is 13.8 Å². The summed E-state index contributed by atoms with van der Waals surface area (Å²) in [5.41, 5.74) is 1.84. The number of carbonyl (C=O) groups excluding carboxylic acids is 1. The number of anilines is 1. The van der Waals surface area contributed by atoms with Crippen molar-refractivity contribution in [2.24, 2.45) is 0 Å². The van der Waals surface area contributed by atoms with Gasteiger partial charge in [-0.15, -0.1) is 5.10 Å². The molecule has 0 atom stereocenters. The Hall–Kier alpha value is -3.09. The van der Waals surface area contributed by atoms with Crippen LogP contribution in [-0.4, -0.2) is 71.1 Å². The van der Waals surface area contributed by atoms with Crippen LogP contribution in [0.25, 0.3) is 5.78 Å². The molecule has 11 nitrogen and oxygen atoms in total. The van der Waals surface area contributed by atoms with Gasteiger partial charge in [0.25, 0.3) is 11.7 Å². The summed E-state index contributed by atoms with van der Waals surface area (Å²) in [5, 5.41) is 6.88. The van der Waals surface area contributed by atoms with Crippen molar-refractivity contribution >= 4 is 27.4 Å². The number of aromatic nitrogens is 4. The normalized spacial score (nSPS) is 15.1. The zero-order chi connectivity index (χ0) is 22.9. The highest BCUT2D eigenvalue weighted by molar-refractivity contribution is 7.89. The standard InChI is InChI=1S/C20H24N6O5S/c1-4-31-16-6-5-15(12-17(16)32(28,29)25-7-9-30-10-8-25)22-19(27)18-23-20-21-13(2)11-14(3)26(20)24-18/h5-6,11-12H,4,7-10H2,1-3H3,(H,22,27). The molecule has 1 aliphatic rings. The Kier molecular flexibility index (Phi) is 6.09. The first-order chi connectivity index (χ1) is 15.3. The fraction of sp³-hybridized carbons (Fsp3) is 0.400. The Labute approximate surface area is 185 Å². The maximum Gasteiger partial charge on any atom is 0.295 e. The first-order valence-electron chi connectivity index (χ1n) is 10.2. The number of amides is 1. The molecule has 1 fully saturated rings. The Bertz CT molecular complexity index is 1270. The van der Waals surface area contributed by atoms with Crippen LogP contribution < -0.4 is 10.1 Å². The molecule has 0 saturated carbocycles. The van der Waals surface area contributed by atoms with E-state index < -0.39 is 15.9 Å². The van der Waals surface area contributed by atoms with Crippen LogP contribution in [0.2, 0.25) is 0 Å². The molecule has 170 valence electrons. The monoisotopic (exact) mass is 460 g/mol. The lowest BCUT2D eigenvalue weighted by Gasteiger charge is -2.27. The van der Waals surface area contributed by atoms with Gasteiger partial charge in [0.1, 0.15) is 10.6 Å². The van der Waals surface area contributed by atoms with Gasteiger partial charge in [0.15, 0.2) is 0 Å². The van der Waals surface area contributed by atoms with E-state index in [-0.39, 0.29) is 35.2 Å². The Morgan fingerprint density at radius 3 is 2.66 bits per heavy atom. The molecule has 0 unspecified atom stereocenters. The van der Waals surface area contributed by atoms with E-state index in [0.29, 0.717) is 25.6 Å². The molecule has 4 rings (SSSR count). The molecular formula is C20H24N6O5S. The molecule has 32 heavy (non-hydrogen) atoms. The number of fused-ring (bicyclic) bond motifs is 1. The van der Waals surface area contributed by atoms with E-state index in [1.807, 2.05) is 19.9 Å². The third kappa shape index (κ3) is 4.29. The van der Waals surface area contributed by atoms with Gasteiger partial charge in [-0.05, 0) is 45.0 Å². The van der Waals surface area contributed by atoms with E-state index >= 15 is 0 Å². The van der Waals surface area contributed by atoms with Crippen molar-refractivity contribution in [3.05, 3.63) is 41.5 Å². The van der Waals surface area contributed by atoms with Crippen LogP contribution in [0.1, 0.15) is 28.9 Å². The van der Waals surface area contributed by atoms with Crippen molar-refractivity contribution < 1.29 is 22.7 Å². The zero-order valence-electron chi connectivity index (χ0n) is 18.0. The average molecular weight is 461 g/mol. The quantitative estimate of drug-likeness (QED) is 0.585. The number of aryl methyl sites for hydroxylation is 2. The Morgan fingerprint density at radius 1 is 1.19 bits per heavy atom. The third-order valence-electron chi connectivity index (χ3n) is 4.91. The van der Waals surface area contributed by atoms with Gasteiger partial charge in [-0.1, -0.05) is 0 Å². The fourth-order valence-electron chi connectivity index (χ4n) is 3.44. The third-order valence-corrected chi connectivity index (χ3v) is 6.83. The fourth-order valence-corrected chi connectivity index (χ4v) is 5.00. The molecule has 2 aromatic heterocycles. The second-order valence-corrected chi connectivity index (χ2v) is 9.16. The molecule has 12 heteroatoms. The van der Waals surface area contributed by atoms with Gasteiger partial charge in [0.05, 0.1) is 19.8 Å². The van der Waals surface area contributed by atoms with E-state index in [1.165, 1.54) is 21.0 Å². The highest BCUT2D eigenvalue weighted by atomic mass is 32.2. The van der Waals surface area contributed by atoms with E-state index in [0.717, 1.165) is 11.4 Å². The molecule has 1 aliphatic heterocycles. The molecular weight excluding hydrogens is 436 g/mol. The molecule has 3 heterocycles. The van der Waals surface area contributed by atoms with Gasteiger partial charge in [0, 0.05) is 30.2 Å². The number of carbonyl (C=O) groups is 1. The van der Waals surface area contributed by atoms with Crippen molar-refractivity contribution in [1.29, 1.82) is 0 Å². The van der Waals surface area contributed by atoms with Crippen LogP contribution in [0.3, 0.4) is 0 Å². The minimum Gasteiger partial charge on any atom is -0.492 e. The maximum absolute atomic E-state index is 13.2. The summed E-state index contributed by atoms with van der Waals surface area (Å²) in [6, 6.07) is 6.32. The van der Waals surface area contributed by atoms with E-state index in [9.17, 15) is 13.2 Å². The second-order valence-electron chi connectivity index (χ2n) is 7.25. The molecule has 1 aromatic carbocycles. The summed E-state index contributed by atoms with van der Waals surface area (Å²) in [6.07, 6.45) is 0. The lowest BCUT2D eigenvalue weighted by Crippen LogP contribution is -2.40. The highest BCUT2D eigenvalue weighted by Gasteiger charge is 2.30. The summed E-state index contributed by atoms with van der Waals surface area (Å²) in [6.45, 7) is 6.90. The number of ether oxygens (including phenoxy) is 2. The van der Waals surface area contributed by atoms with E-state index in [4.69, 9.17) is 9.47 Å². The van der Waals surface area contributed by atoms with Gasteiger partial charge in [-0.2, -0.15) is 9.29 Å². The van der Waals surface area contributed by atoms with Crippen molar-refractivity contribution in [2.75, 3.05) is 38.2 Å². The van der Waals surface area contributed by atoms with Gasteiger partial charge in [0.2, 0.25) is 15.8 Å². The van der Waals surface area contributed by atoms with Crippen molar-refractivity contribution in [2.45, 2.75) is 25.7 Å². The second kappa shape index (κ2) is 8.81. The summed E-state index contributed by atoms with van der Waals surface area (Å²) < 4.78 is 40.1. The number of nitrogens with one attached hydrogen (secondary N) is 1. The first kappa shape index (κ1) is 22.1. The average Bonchev–Trinajstić information content (AvgIpc) is 3.20. The summed E-state index contributed by atoms with van der Waals surface area (Å²) >= 11 is 0. The van der Waals surface area contributed by atoms with Gasteiger partial charge >= 0.3 is 0 Å². The summed E-state index contributed by atoms with van der Waals surface area (Å²) in [5.74, 6) is -0.114. The topological polar surface area (TPSA) is 128 Å². The summed E-state index contributed by atoms with van der Waals surface area (Å²) in [7, 11) is -3.84. The van der Waals surface area contributed by atoms with Crippen molar-refractivity contribution in [3.8, 4) is 5.75 Å². The van der Waals surface area contributed by atoms with Gasteiger partial charge in [-0.3, -0.25) is 4.79 Å². The largest absolute Gasteiger partial charge is 0.492 e. The highest BCUT2D eigenvalue weighted by Crippen LogP contribution is 2.30. The SMILES string of the molecule is CCOc1ccc(NC(=O)c2nc3nc(C)cc(C)n3n2)cc1S(=O)(=O)N1CCOCC1. The molecule has 1 N–H and O–H groups in total. The lowest BCUT2D eigenvalue weighted by atomic mass is 10.3. The van der Waals surface area contributed by atoms with Crippen LogP contribution in [0.15, 0.2) is 29.2 Å². The predicted molar refractivity (Wildman–Crippen MR) is 115 cm³/mol. The summed E-state index contributed by atoms with van der Waals surface area (Å²) in [4.78, 5) is 21.2. The Morgan fingerprint density at radius 2 is 1.94 bits per heavy atom. The van der Waals surface area contributed by atoms with Crippen LogP contribution in [0.4, 0.5) is 5.69 Å². The predicted octanol–water partition coefficient (Wildman–Crippen LogP) is 1.41. The first-order valence-corrected chi connectivity index (χ1v) is 11.6. The van der Waals surface area contributed by atoms with Gasteiger partial charge < -0.3 is 14.8 Å². The van der Waals surface area contributed by atoms with Crippen molar-refractivity contribution in [1.82, 2.24) is 23.9 Å². The molecule has 1 saturated heterocycles. The minimum absolute atomic E-state index is 0.0184. The van der Waals surface area contributed by atoms with E-state index in [2.05, 4.69) is 20.4 Å². The Balaban J connectivity index is 1.65. The molecule has 0 radical (unpaired) electrons. The number of benzene rings is 1. The molecule has 0 aliphatic carbocycles. The van der Waals surface area contributed by atoms with Crippen LogP contribution in [0.5, 0.6) is 5.75 Å². The lowest BCUT2D eigenvalue weighted by molar-refractivity contribution is 0.0729. The number of hydrogen-bond acceptors (Lipinski definition) is 8. The number of sulfonamides is 1. The number of rotatable bonds is 6. The molecule has 1 amide bonds. The van der Waals surface area contributed by atoms with E-state index in [1.54, 1.807) is 13.0 Å². The number of hydrogen-bond donors (Lipinski definition) is 1. The zero-order valence-corrected chi connectivity index (χ0v) is 18.8. The minimum atomic E-state index is -3.84. The smallest absolute Gasteiger partial charge is 0.295 e. The van der Waals surface area contributed by atoms with Crippen LogP contribution in [-0.2, 0) is 14.8 Å².